The number of benzene rings is 2. The fourth-order valence-corrected chi connectivity index (χ4v) is 2.18. The summed E-state index contributed by atoms with van der Waals surface area (Å²) in [6.45, 7) is 0. The zero-order valence-corrected chi connectivity index (χ0v) is 9.36. The van der Waals surface area contributed by atoms with Gasteiger partial charge in [-0.1, -0.05) is 24.3 Å². The zero-order chi connectivity index (χ0) is 11.1. The van der Waals surface area contributed by atoms with E-state index in [-0.39, 0.29) is 22.2 Å². The number of hydrogen-bond acceptors (Lipinski definition) is 4. The second kappa shape index (κ2) is 4.09. The minimum absolute atomic E-state index is 0. The van der Waals surface area contributed by atoms with E-state index in [0.717, 1.165) is 0 Å². The Morgan fingerprint density at radius 1 is 1.00 bits per heavy atom. The minimum atomic E-state index is -4.51. The number of phenolic OH excluding ortho intramolecular Hbond substituents is 1. The van der Waals surface area contributed by atoms with Crippen LogP contribution in [0.1, 0.15) is 0 Å². The second-order valence-electron chi connectivity index (χ2n) is 3.08. The third-order valence-electron chi connectivity index (χ3n) is 2.13. The zero-order valence-electron chi connectivity index (χ0n) is 8.54. The van der Waals surface area contributed by atoms with Crippen LogP contribution in [0.2, 0.25) is 0 Å². The third kappa shape index (κ3) is 1.99. The van der Waals surface area contributed by atoms with Crippen molar-refractivity contribution in [2.75, 3.05) is 0 Å². The maximum absolute atomic E-state index is 10.9. The van der Waals surface area contributed by atoms with E-state index in [1.807, 2.05) is 0 Å². The van der Waals surface area contributed by atoms with E-state index in [4.69, 9.17) is 0 Å². The van der Waals surface area contributed by atoms with Crippen molar-refractivity contribution in [2.45, 2.75) is 4.90 Å². The lowest BCUT2D eigenvalue weighted by molar-refractivity contribution is 0.464. The first-order chi connectivity index (χ1) is 7.00. The molecule has 2 aromatic rings. The molecule has 16 heavy (non-hydrogen) atoms. The summed E-state index contributed by atoms with van der Waals surface area (Å²) in [4.78, 5) is -0.309. The molecule has 0 aromatic heterocycles. The largest absolute Gasteiger partial charge is 0.744 e. The maximum Gasteiger partial charge on any atom is 0.125 e. The van der Waals surface area contributed by atoms with E-state index >= 15 is 0 Å². The minimum Gasteiger partial charge on any atom is -0.744 e. The van der Waals surface area contributed by atoms with Gasteiger partial charge in [0.2, 0.25) is 0 Å². The van der Waals surface area contributed by atoms with E-state index in [0.29, 0.717) is 5.39 Å². The van der Waals surface area contributed by atoms with Crippen LogP contribution >= 0.6 is 0 Å². The van der Waals surface area contributed by atoms with E-state index in [2.05, 4.69) is 0 Å². The highest BCUT2D eigenvalue weighted by molar-refractivity contribution is 7.86. The Hall–Kier alpha value is -1.63. The topological polar surface area (TPSA) is 114 Å². The molecule has 0 fully saturated rings. The standard InChI is InChI=1S/C10H8O4S.H3N/c11-9-5-1-4-8-7(9)3-2-6-10(8)15(12,13)14;/h1-6,11H,(H,12,13,14);1H3. The van der Waals surface area contributed by atoms with Crippen molar-refractivity contribution in [1.82, 2.24) is 6.15 Å². The fourth-order valence-electron chi connectivity index (χ4n) is 1.48. The smallest absolute Gasteiger partial charge is 0.125 e. The molecule has 0 radical (unpaired) electrons. The van der Waals surface area contributed by atoms with Crippen molar-refractivity contribution in [3.8, 4) is 5.75 Å². The SMILES string of the molecule is O=S(=O)([O-])c1cccc2c(O)cccc12.[NH4+]. The van der Waals surface area contributed by atoms with Crippen LogP contribution in [0.5, 0.6) is 5.75 Å². The van der Waals surface area contributed by atoms with Crippen molar-refractivity contribution < 1.29 is 18.1 Å². The summed E-state index contributed by atoms with van der Waals surface area (Å²) >= 11 is 0. The molecule has 0 atom stereocenters. The number of hydrogen-bond donors (Lipinski definition) is 2. The second-order valence-corrected chi connectivity index (χ2v) is 4.43. The third-order valence-corrected chi connectivity index (χ3v) is 3.02. The van der Waals surface area contributed by atoms with Gasteiger partial charge in [0.05, 0.1) is 4.90 Å². The first kappa shape index (κ1) is 12.4. The Kier molecular flexibility index (Phi) is 3.18. The molecule has 0 aliphatic heterocycles. The summed E-state index contributed by atoms with van der Waals surface area (Å²) in [5.41, 5.74) is 0. The normalized spacial score (nSPS) is 11.1. The number of aromatic hydroxyl groups is 1. The molecule has 0 saturated heterocycles. The van der Waals surface area contributed by atoms with Gasteiger partial charge in [0, 0.05) is 10.8 Å². The van der Waals surface area contributed by atoms with Gasteiger partial charge in [-0.15, -0.1) is 0 Å². The Morgan fingerprint density at radius 2 is 1.56 bits per heavy atom. The average molecular weight is 241 g/mol. The van der Waals surface area contributed by atoms with Gasteiger partial charge >= 0.3 is 0 Å². The molecule has 0 unspecified atom stereocenters. The molecular weight excluding hydrogens is 230 g/mol. The maximum atomic E-state index is 10.9. The van der Waals surface area contributed by atoms with Crippen molar-refractivity contribution >= 4 is 20.9 Å². The Labute approximate surface area is 92.7 Å². The molecular formula is C10H11NO4S. The van der Waals surface area contributed by atoms with E-state index in [1.54, 1.807) is 6.07 Å². The molecule has 5 N–H and O–H groups in total. The molecule has 0 amide bonds. The highest BCUT2D eigenvalue weighted by Gasteiger charge is 2.08. The van der Waals surface area contributed by atoms with Gasteiger partial charge in [-0.2, -0.15) is 0 Å². The molecule has 0 bridgehead atoms. The number of rotatable bonds is 1. The predicted molar refractivity (Wildman–Crippen MR) is 59.6 cm³/mol. The Morgan fingerprint density at radius 3 is 2.19 bits per heavy atom. The molecule has 0 saturated carbocycles. The van der Waals surface area contributed by atoms with E-state index < -0.39 is 10.1 Å². The van der Waals surface area contributed by atoms with Gasteiger partial charge in [0.15, 0.2) is 0 Å². The molecule has 0 aliphatic rings. The van der Waals surface area contributed by atoms with Crippen LogP contribution in [-0.2, 0) is 10.1 Å². The average Bonchev–Trinajstić information content (AvgIpc) is 2.16. The summed E-state index contributed by atoms with van der Waals surface area (Å²) < 4.78 is 32.8. The number of phenols is 1. The van der Waals surface area contributed by atoms with Gasteiger partial charge in [-0.05, 0) is 12.1 Å². The van der Waals surface area contributed by atoms with Crippen molar-refractivity contribution in [1.29, 1.82) is 0 Å². The first-order valence-corrected chi connectivity index (χ1v) is 5.57. The van der Waals surface area contributed by atoms with E-state index in [1.165, 1.54) is 30.3 Å². The molecule has 0 aliphatic carbocycles. The van der Waals surface area contributed by atoms with Crippen LogP contribution in [0, 0.1) is 0 Å². The highest BCUT2D eigenvalue weighted by Crippen LogP contribution is 2.28. The summed E-state index contributed by atoms with van der Waals surface area (Å²) in [5, 5.41) is 10.1. The lowest BCUT2D eigenvalue weighted by atomic mass is 10.1. The van der Waals surface area contributed by atoms with Gasteiger partial charge < -0.3 is 15.8 Å². The molecule has 2 aromatic carbocycles. The summed E-state index contributed by atoms with van der Waals surface area (Å²) in [7, 11) is -4.51. The van der Waals surface area contributed by atoms with Gasteiger partial charge in [-0.3, -0.25) is 0 Å². The quantitative estimate of drug-likeness (QED) is 0.741. The first-order valence-electron chi connectivity index (χ1n) is 4.17. The van der Waals surface area contributed by atoms with Crippen molar-refractivity contribution in [3.05, 3.63) is 36.4 Å². The van der Waals surface area contributed by atoms with E-state index in [9.17, 15) is 18.1 Å². The highest BCUT2D eigenvalue weighted by atomic mass is 32.2. The van der Waals surface area contributed by atoms with Crippen molar-refractivity contribution in [2.24, 2.45) is 0 Å². The Balaban J connectivity index is 0.00000128. The van der Waals surface area contributed by atoms with Crippen LogP contribution in [0.15, 0.2) is 41.3 Å². The van der Waals surface area contributed by atoms with Gasteiger partial charge in [-0.25, -0.2) is 8.42 Å². The number of fused-ring (bicyclic) bond motifs is 1. The molecule has 5 nitrogen and oxygen atoms in total. The molecule has 6 heteroatoms. The van der Waals surface area contributed by atoms with Crippen LogP contribution in [0.3, 0.4) is 0 Å². The summed E-state index contributed by atoms with van der Waals surface area (Å²) in [6, 6.07) is 8.62. The molecule has 2 rings (SSSR count). The molecule has 86 valence electrons. The molecule has 0 spiro atoms. The lowest BCUT2D eigenvalue weighted by Crippen LogP contribution is -1.99. The molecule has 0 heterocycles. The predicted octanol–water partition coefficient (Wildman–Crippen LogP) is 1.83. The Bertz CT molecular complexity index is 622. The van der Waals surface area contributed by atoms with Gasteiger partial charge in [0.1, 0.15) is 15.9 Å². The van der Waals surface area contributed by atoms with Crippen molar-refractivity contribution in [3.63, 3.8) is 0 Å². The monoisotopic (exact) mass is 241 g/mol. The summed E-state index contributed by atoms with van der Waals surface area (Å²) in [5.74, 6) is -0.0435. The van der Waals surface area contributed by atoms with Gasteiger partial charge in [0.25, 0.3) is 0 Å². The van der Waals surface area contributed by atoms with Crippen LogP contribution < -0.4 is 6.15 Å². The lowest BCUT2D eigenvalue weighted by Gasteiger charge is -2.10. The van der Waals surface area contributed by atoms with Crippen LogP contribution in [0.25, 0.3) is 10.8 Å². The fraction of sp³-hybridized carbons (Fsp3) is 0. The van der Waals surface area contributed by atoms with Crippen LogP contribution in [0.4, 0.5) is 0 Å². The van der Waals surface area contributed by atoms with Crippen LogP contribution in [-0.4, -0.2) is 18.1 Å². The number of quaternary nitrogens is 1. The summed E-state index contributed by atoms with van der Waals surface area (Å²) in [6.07, 6.45) is 0.